The van der Waals surface area contributed by atoms with E-state index in [1.54, 1.807) is 22.0 Å². The fraction of sp³-hybridized carbons (Fsp3) is 0.562. The van der Waals surface area contributed by atoms with E-state index in [1.807, 2.05) is 63.3 Å². The summed E-state index contributed by atoms with van der Waals surface area (Å²) in [4.78, 5) is 58.5. The monoisotopic (exact) mass is 579 g/mol. The predicted molar refractivity (Wildman–Crippen MR) is 154 cm³/mol. The molecule has 10 heteroatoms. The van der Waals surface area contributed by atoms with Crippen LogP contribution in [0.4, 0.5) is 0 Å². The number of likely N-dealkylation sites (tertiary alicyclic amines) is 1. The molecule has 2 saturated heterocycles. The Hall–Kier alpha value is -3.50. The van der Waals surface area contributed by atoms with Crippen molar-refractivity contribution in [2.75, 3.05) is 26.3 Å². The number of fused-ring (bicyclic) bond motifs is 2. The van der Waals surface area contributed by atoms with Gasteiger partial charge in [0.2, 0.25) is 17.7 Å². The molecule has 4 aliphatic rings. The van der Waals surface area contributed by atoms with Crippen LogP contribution in [0.25, 0.3) is 0 Å². The molecule has 1 spiro atoms. The minimum Gasteiger partial charge on any atom is -0.463 e. The zero-order chi connectivity index (χ0) is 30.1. The second-order valence-corrected chi connectivity index (χ2v) is 12.4. The third kappa shape index (κ3) is 5.49. The van der Waals surface area contributed by atoms with Gasteiger partial charge in [0.1, 0.15) is 18.2 Å². The topological polar surface area (TPSA) is 125 Å². The highest BCUT2D eigenvalue weighted by molar-refractivity contribution is 6.00. The van der Waals surface area contributed by atoms with E-state index in [0.717, 1.165) is 5.56 Å². The molecular formula is C32H41N3O7. The average Bonchev–Trinajstić information content (AvgIpc) is 3.32. The zero-order valence-electron chi connectivity index (χ0n) is 24.5. The van der Waals surface area contributed by atoms with Crippen LogP contribution in [0.1, 0.15) is 58.1 Å². The summed E-state index contributed by atoms with van der Waals surface area (Å²) in [6.45, 7) is 6.40. The fourth-order valence-electron chi connectivity index (χ4n) is 6.68. The van der Waals surface area contributed by atoms with Crippen LogP contribution in [-0.4, -0.2) is 88.2 Å². The van der Waals surface area contributed by atoms with Gasteiger partial charge in [-0.2, -0.15) is 0 Å². The van der Waals surface area contributed by atoms with Crippen molar-refractivity contribution in [2.45, 2.75) is 75.8 Å². The van der Waals surface area contributed by atoms with Crippen molar-refractivity contribution in [3.8, 4) is 0 Å². The summed E-state index contributed by atoms with van der Waals surface area (Å²) >= 11 is 0. The van der Waals surface area contributed by atoms with E-state index in [9.17, 15) is 24.3 Å². The van der Waals surface area contributed by atoms with Gasteiger partial charge in [0.15, 0.2) is 0 Å². The zero-order valence-corrected chi connectivity index (χ0v) is 24.5. The normalized spacial score (nSPS) is 32.6. The van der Waals surface area contributed by atoms with Crippen molar-refractivity contribution < 1.29 is 33.8 Å². The smallest absolute Gasteiger partial charge is 0.306 e. The van der Waals surface area contributed by atoms with Gasteiger partial charge in [0.05, 0.1) is 24.0 Å². The lowest BCUT2D eigenvalue weighted by Crippen LogP contribution is -2.58. The van der Waals surface area contributed by atoms with Crippen LogP contribution in [0.3, 0.4) is 0 Å². The van der Waals surface area contributed by atoms with Crippen LogP contribution in [0, 0.1) is 11.8 Å². The van der Waals surface area contributed by atoms with Crippen molar-refractivity contribution in [1.29, 1.82) is 0 Å². The summed E-state index contributed by atoms with van der Waals surface area (Å²) in [6, 6.07) is 7.67. The number of hydrogen-bond donors (Lipinski definition) is 2. The van der Waals surface area contributed by atoms with Crippen LogP contribution in [0.2, 0.25) is 0 Å². The van der Waals surface area contributed by atoms with E-state index in [1.165, 1.54) is 0 Å². The van der Waals surface area contributed by atoms with Crippen LogP contribution in [0.5, 0.6) is 0 Å². The van der Waals surface area contributed by atoms with Crippen molar-refractivity contribution in [2.24, 2.45) is 11.8 Å². The van der Waals surface area contributed by atoms with Gasteiger partial charge in [-0.05, 0) is 45.6 Å². The maximum atomic E-state index is 14.3. The molecule has 4 aliphatic heterocycles. The minimum absolute atomic E-state index is 0.0247. The molecule has 2 fully saturated rings. The molecule has 6 atom stereocenters. The number of allylic oxidation sites excluding steroid dienone is 1. The van der Waals surface area contributed by atoms with E-state index in [4.69, 9.17) is 9.47 Å². The van der Waals surface area contributed by atoms with Crippen LogP contribution < -0.4 is 5.32 Å². The van der Waals surface area contributed by atoms with E-state index in [2.05, 4.69) is 5.32 Å². The van der Waals surface area contributed by atoms with E-state index < -0.39 is 47.1 Å². The number of hydrogen-bond acceptors (Lipinski definition) is 7. The molecular weight excluding hydrogens is 538 g/mol. The van der Waals surface area contributed by atoms with Crippen molar-refractivity contribution in [3.63, 3.8) is 0 Å². The number of carbonyl (C=O) groups is 4. The molecule has 4 heterocycles. The van der Waals surface area contributed by atoms with Gasteiger partial charge in [-0.25, -0.2) is 0 Å². The van der Waals surface area contributed by atoms with Crippen molar-refractivity contribution in [1.82, 2.24) is 15.1 Å². The summed E-state index contributed by atoms with van der Waals surface area (Å²) in [5.74, 6) is -3.16. The van der Waals surface area contributed by atoms with Gasteiger partial charge in [-0.1, -0.05) is 54.6 Å². The number of benzene rings is 1. The van der Waals surface area contributed by atoms with E-state index >= 15 is 0 Å². The second kappa shape index (κ2) is 12.0. The van der Waals surface area contributed by atoms with E-state index in [0.29, 0.717) is 25.8 Å². The Balaban J connectivity index is 1.58. The molecule has 42 heavy (non-hydrogen) atoms. The second-order valence-electron chi connectivity index (χ2n) is 12.4. The molecule has 0 aliphatic carbocycles. The number of unbranched alkanes of at least 4 members (excludes halogenated alkanes) is 1. The van der Waals surface area contributed by atoms with Crippen LogP contribution in [0.15, 0.2) is 54.6 Å². The highest BCUT2D eigenvalue weighted by Crippen LogP contribution is 2.53. The van der Waals surface area contributed by atoms with Gasteiger partial charge in [0, 0.05) is 31.7 Å². The standard InChI is InChI=1S/C32H41N3O7/c1-31(2,3)35-18-11-16-32-26(29(39)34(17-9-10-19-36)27(32)30(35)40)25-23(42-32)14-7-8-15-24(37)41-20-22(33-28(25)38)21-12-5-4-6-13-21/h4-7,11-14,16,22-23,25-27,36H,8-10,15,17-20H2,1-3H3,(H,33,38)/b14-7-/t22-,23+,25-,26-,27+,32-/m1/s1. The molecule has 0 saturated carbocycles. The first-order chi connectivity index (χ1) is 20.1. The molecule has 226 valence electrons. The minimum atomic E-state index is -1.35. The maximum absolute atomic E-state index is 14.3. The quantitative estimate of drug-likeness (QED) is 0.312. The highest BCUT2D eigenvalue weighted by Gasteiger charge is 2.71. The molecule has 0 aromatic heterocycles. The molecule has 0 bridgehead atoms. The number of ether oxygens (including phenoxy) is 2. The highest BCUT2D eigenvalue weighted by atomic mass is 16.5. The largest absolute Gasteiger partial charge is 0.463 e. The summed E-state index contributed by atoms with van der Waals surface area (Å²) < 4.78 is 12.2. The van der Waals surface area contributed by atoms with Gasteiger partial charge in [0.25, 0.3) is 0 Å². The third-order valence-corrected chi connectivity index (χ3v) is 8.68. The van der Waals surface area contributed by atoms with Crippen molar-refractivity contribution in [3.05, 3.63) is 60.2 Å². The molecule has 1 aromatic carbocycles. The Labute approximate surface area is 246 Å². The molecule has 5 rings (SSSR count). The number of amides is 3. The Morgan fingerprint density at radius 2 is 1.81 bits per heavy atom. The van der Waals surface area contributed by atoms with Crippen LogP contribution in [-0.2, 0) is 28.7 Å². The van der Waals surface area contributed by atoms with Crippen molar-refractivity contribution >= 4 is 23.7 Å². The molecule has 0 radical (unpaired) electrons. The van der Waals surface area contributed by atoms with Gasteiger partial charge >= 0.3 is 5.97 Å². The lowest BCUT2D eigenvalue weighted by molar-refractivity contribution is -0.151. The lowest BCUT2D eigenvalue weighted by atomic mass is 9.77. The summed E-state index contributed by atoms with van der Waals surface area (Å²) in [5, 5.41) is 12.5. The summed E-state index contributed by atoms with van der Waals surface area (Å²) in [7, 11) is 0. The number of cyclic esters (lactones) is 1. The number of aliphatic hydroxyl groups excluding tert-OH is 1. The average molecular weight is 580 g/mol. The first-order valence-corrected chi connectivity index (χ1v) is 14.8. The van der Waals surface area contributed by atoms with Crippen LogP contribution >= 0.6 is 0 Å². The molecule has 3 amide bonds. The SMILES string of the molecule is CC(C)(C)N1CC=C[C@@]23O[C@H]4/C=C\CCC(=O)OC[C@H](c5ccccc5)NC(=O)[C@H]4[C@@H]2C(=O)N(CCCCO)[C@H]3C1=O. The number of esters is 1. The number of aliphatic hydroxyl groups is 1. The Bertz CT molecular complexity index is 1260. The Morgan fingerprint density at radius 1 is 1.05 bits per heavy atom. The predicted octanol–water partition coefficient (Wildman–Crippen LogP) is 2.29. The molecule has 1 aromatic rings. The molecule has 0 unspecified atom stereocenters. The van der Waals surface area contributed by atoms with Gasteiger partial charge in [-0.3, -0.25) is 19.2 Å². The first kappa shape index (κ1) is 30.0. The molecule has 2 N–H and O–H groups in total. The van der Waals surface area contributed by atoms with Gasteiger partial charge < -0.3 is 29.7 Å². The Morgan fingerprint density at radius 3 is 2.52 bits per heavy atom. The Kier molecular flexibility index (Phi) is 8.57. The number of nitrogens with zero attached hydrogens (tertiary/aromatic N) is 2. The summed E-state index contributed by atoms with van der Waals surface area (Å²) in [6.07, 6.45) is 7.97. The summed E-state index contributed by atoms with van der Waals surface area (Å²) in [5.41, 5.74) is -1.09. The lowest BCUT2D eigenvalue weighted by Gasteiger charge is -2.40. The third-order valence-electron chi connectivity index (χ3n) is 8.68. The number of carbonyl (C=O) groups excluding carboxylic acids is 4. The first-order valence-electron chi connectivity index (χ1n) is 14.8. The fourth-order valence-corrected chi connectivity index (χ4v) is 6.68. The number of rotatable bonds is 5. The van der Waals surface area contributed by atoms with Gasteiger partial charge in [-0.15, -0.1) is 0 Å². The molecule has 10 nitrogen and oxygen atoms in total. The van der Waals surface area contributed by atoms with E-state index in [-0.39, 0.29) is 44.0 Å². The number of nitrogens with one attached hydrogen (secondary N) is 1. The maximum Gasteiger partial charge on any atom is 0.306 e.